The normalized spacial score (nSPS) is 18.5. The van der Waals surface area contributed by atoms with Crippen LogP contribution in [0, 0.1) is 12.8 Å². The van der Waals surface area contributed by atoms with Gasteiger partial charge in [0.05, 0.1) is 10.7 Å². The number of imidazole rings is 1. The van der Waals surface area contributed by atoms with Gasteiger partial charge in [0, 0.05) is 37.6 Å². The highest BCUT2D eigenvalue weighted by atomic mass is 32.1. The van der Waals surface area contributed by atoms with Gasteiger partial charge < -0.3 is 9.88 Å². The Balaban J connectivity index is 1.54. The van der Waals surface area contributed by atoms with Gasteiger partial charge in [0.15, 0.2) is 5.69 Å². The number of aryl methyl sites for hydroxylation is 2. The summed E-state index contributed by atoms with van der Waals surface area (Å²) < 4.78 is 39.7. The van der Waals surface area contributed by atoms with Crippen LogP contribution in [0.25, 0.3) is 0 Å². The zero-order valence-corrected chi connectivity index (χ0v) is 13.0. The maximum atomic E-state index is 12.7. The number of aromatic nitrogens is 3. The molecule has 0 spiro atoms. The lowest BCUT2D eigenvalue weighted by molar-refractivity contribution is -0.141. The molecule has 2 aromatic rings. The minimum atomic E-state index is -4.36. The number of nitrogens with zero attached hydrogens (tertiary/aromatic N) is 3. The van der Waals surface area contributed by atoms with Crippen LogP contribution in [0.15, 0.2) is 11.6 Å². The van der Waals surface area contributed by atoms with E-state index in [0.717, 1.165) is 29.9 Å². The second-order valence-corrected chi connectivity index (χ2v) is 6.65. The second-order valence-electron chi connectivity index (χ2n) is 5.59. The van der Waals surface area contributed by atoms with Crippen LogP contribution in [0.4, 0.5) is 13.2 Å². The van der Waals surface area contributed by atoms with E-state index in [2.05, 4.69) is 15.3 Å². The first-order valence-electron chi connectivity index (χ1n) is 7.17. The molecule has 3 rings (SSSR count). The summed E-state index contributed by atoms with van der Waals surface area (Å²) in [5, 5.41) is 6.40. The quantitative estimate of drug-likeness (QED) is 0.937. The monoisotopic (exact) mass is 330 g/mol. The molecule has 0 fully saturated rings. The number of alkyl halides is 3. The van der Waals surface area contributed by atoms with Crippen LogP contribution in [-0.4, -0.2) is 21.1 Å². The van der Waals surface area contributed by atoms with Gasteiger partial charge in [-0.15, -0.1) is 11.3 Å². The summed E-state index contributed by atoms with van der Waals surface area (Å²) in [6.45, 7) is 4.02. The maximum Gasteiger partial charge on any atom is 0.434 e. The van der Waals surface area contributed by atoms with Gasteiger partial charge >= 0.3 is 6.18 Å². The van der Waals surface area contributed by atoms with Crippen LogP contribution in [0.2, 0.25) is 0 Å². The van der Waals surface area contributed by atoms with E-state index >= 15 is 0 Å². The lowest BCUT2D eigenvalue weighted by Gasteiger charge is -2.23. The van der Waals surface area contributed by atoms with Gasteiger partial charge in [0.2, 0.25) is 0 Å². The van der Waals surface area contributed by atoms with Gasteiger partial charge in [0.1, 0.15) is 5.82 Å². The van der Waals surface area contributed by atoms with E-state index in [4.69, 9.17) is 0 Å². The highest BCUT2D eigenvalue weighted by molar-refractivity contribution is 7.09. The lowest BCUT2D eigenvalue weighted by Crippen LogP contribution is -2.29. The van der Waals surface area contributed by atoms with Crippen LogP contribution in [-0.2, 0) is 25.7 Å². The third kappa shape index (κ3) is 3.49. The fraction of sp³-hybridized carbons (Fsp3) is 0.571. The van der Waals surface area contributed by atoms with E-state index in [0.29, 0.717) is 31.3 Å². The summed E-state index contributed by atoms with van der Waals surface area (Å²) in [4.78, 5) is 8.07. The van der Waals surface area contributed by atoms with E-state index < -0.39 is 11.9 Å². The molecule has 1 N–H and O–H groups in total. The van der Waals surface area contributed by atoms with Gasteiger partial charge in [-0.3, -0.25) is 0 Å². The molecule has 1 aliphatic rings. The molecule has 0 radical (unpaired) electrons. The summed E-state index contributed by atoms with van der Waals surface area (Å²) in [7, 11) is 0. The second kappa shape index (κ2) is 6.00. The fourth-order valence-electron chi connectivity index (χ4n) is 2.71. The molecule has 4 nitrogen and oxygen atoms in total. The highest BCUT2D eigenvalue weighted by Crippen LogP contribution is 2.30. The third-order valence-corrected chi connectivity index (χ3v) is 4.61. The van der Waals surface area contributed by atoms with Crippen LogP contribution < -0.4 is 5.32 Å². The van der Waals surface area contributed by atoms with E-state index in [-0.39, 0.29) is 0 Å². The van der Waals surface area contributed by atoms with Crippen LogP contribution in [0.1, 0.15) is 28.6 Å². The summed E-state index contributed by atoms with van der Waals surface area (Å²) in [6.07, 6.45) is -1.78. The molecular weight excluding hydrogens is 313 g/mol. The largest absolute Gasteiger partial charge is 0.434 e. The molecule has 120 valence electrons. The summed E-state index contributed by atoms with van der Waals surface area (Å²) in [5.74, 6) is 0.862. The SMILES string of the molecule is Cc1nc(CNC[C@H]2CCc3nc(C(F)(F)F)cn3C2)cs1. The summed E-state index contributed by atoms with van der Waals surface area (Å²) in [6, 6.07) is 0. The molecule has 0 saturated carbocycles. The van der Waals surface area contributed by atoms with Crippen LogP contribution in [0.5, 0.6) is 0 Å². The lowest BCUT2D eigenvalue weighted by atomic mass is 9.99. The van der Waals surface area contributed by atoms with Gasteiger partial charge in [-0.1, -0.05) is 0 Å². The first-order chi connectivity index (χ1) is 10.4. The third-order valence-electron chi connectivity index (χ3n) is 3.79. The van der Waals surface area contributed by atoms with Crippen LogP contribution >= 0.6 is 11.3 Å². The van der Waals surface area contributed by atoms with Crippen molar-refractivity contribution in [3.8, 4) is 0 Å². The first-order valence-corrected chi connectivity index (χ1v) is 8.05. The number of hydrogen-bond donors (Lipinski definition) is 1. The van der Waals surface area contributed by atoms with E-state index in [1.807, 2.05) is 12.3 Å². The zero-order valence-electron chi connectivity index (χ0n) is 12.2. The molecule has 0 aliphatic carbocycles. The van der Waals surface area contributed by atoms with Crippen molar-refractivity contribution < 1.29 is 13.2 Å². The van der Waals surface area contributed by atoms with E-state index in [1.54, 1.807) is 15.9 Å². The molecule has 3 heterocycles. The van der Waals surface area contributed by atoms with Crippen molar-refractivity contribution in [3.05, 3.63) is 33.8 Å². The molecule has 0 amide bonds. The Morgan fingerprint density at radius 1 is 1.41 bits per heavy atom. The van der Waals surface area contributed by atoms with Crippen LogP contribution in [0.3, 0.4) is 0 Å². The van der Waals surface area contributed by atoms with Crippen molar-refractivity contribution in [3.63, 3.8) is 0 Å². The van der Waals surface area contributed by atoms with Gasteiger partial charge in [-0.2, -0.15) is 13.2 Å². The van der Waals surface area contributed by atoms with Crippen molar-refractivity contribution >= 4 is 11.3 Å². The van der Waals surface area contributed by atoms with Crippen molar-refractivity contribution in [2.45, 2.75) is 39.0 Å². The summed E-state index contributed by atoms with van der Waals surface area (Å²) >= 11 is 1.62. The molecule has 0 aromatic carbocycles. The average Bonchev–Trinajstić information content (AvgIpc) is 3.04. The molecule has 0 bridgehead atoms. The number of nitrogens with one attached hydrogen (secondary N) is 1. The van der Waals surface area contributed by atoms with Crippen molar-refractivity contribution in [2.24, 2.45) is 5.92 Å². The molecule has 2 aromatic heterocycles. The predicted octanol–water partition coefficient (Wildman–Crippen LogP) is 3.02. The molecule has 0 unspecified atom stereocenters. The zero-order chi connectivity index (χ0) is 15.7. The van der Waals surface area contributed by atoms with Gasteiger partial charge in [-0.25, -0.2) is 9.97 Å². The van der Waals surface area contributed by atoms with Crippen molar-refractivity contribution in [1.29, 1.82) is 0 Å². The minimum Gasteiger partial charge on any atom is -0.334 e. The van der Waals surface area contributed by atoms with E-state index in [9.17, 15) is 13.2 Å². The van der Waals surface area contributed by atoms with Crippen molar-refractivity contribution in [2.75, 3.05) is 6.54 Å². The fourth-order valence-corrected chi connectivity index (χ4v) is 3.32. The number of halogens is 3. The Kier molecular flexibility index (Phi) is 4.22. The standard InChI is InChI=1S/C14H17F3N4S/c1-9-19-11(8-22-9)5-18-4-10-2-3-13-20-12(14(15,16)17)7-21(13)6-10/h7-8,10,18H,2-6H2,1H3/t10-/m1/s1. The summed E-state index contributed by atoms with van der Waals surface area (Å²) in [5.41, 5.74) is 0.232. The first kappa shape index (κ1) is 15.5. The molecule has 1 atom stereocenters. The minimum absolute atomic E-state index is 0.322. The number of thiazole rings is 1. The Morgan fingerprint density at radius 2 is 2.23 bits per heavy atom. The Hall–Kier alpha value is -1.41. The Morgan fingerprint density at radius 3 is 2.91 bits per heavy atom. The number of hydrogen-bond acceptors (Lipinski definition) is 4. The molecule has 0 saturated heterocycles. The number of fused-ring (bicyclic) bond motifs is 1. The highest BCUT2D eigenvalue weighted by Gasteiger charge is 2.35. The maximum absolute atomic E-state index is 12.7. The smallest absolute Gasteiger partial charge is 0.334 e. The average molecular weight is 330 g/mol. The Labute approximate surface area is 130 Å². The van der Waals surface area contributed by atoms with Gasteiger partial charge in [-0.05, 0) is 19.3 Å². The topological polar surface area (TPSA) is 42.7 Å². The van der Waals surface area contributed by atoms with E-state index in [1.165, 1.54) is 0 Å². The number of rotatable bonds is 4. The van der Waals surface area contributed by atoms with Crippen molar-refractivity contribution in [1.82, 2.24) is 19.9 Å². The Bertz CT molecular complexity index is 647. The molecule has 8 heteroatoms. The van der Waals surface area contributed by atoms with Gasteiger partial charge in [0.25, 0.3) is 0 Å². The molecule has 22 heavy (non-hydrogen) atoms. The molecular formula is C14H17F3N4S. The predicted molar refractivity (Wildman–Crippen MR) is 77.6 cm³/mol. The molecule has 1 aliphatic heterocycles.